The Morgan fingerprint density at radius 1 is 1.17 bits per heavy atom. The van der Waals surface area contributed by atoms with Gasteiger partial charge in [0.15, 0.2) is 23.3 Å². The lowest BCUT2D eigenvalue weighted by Crippen LogP contribution is -2.30. The third-order valence-corrected chi connectivity index (χ3v) is 2.06. The number of carbonyl (C=O) groups excluding carboxylic acids is 1. The van der Waals surface area contributed by atoms with Gasteiger partial charge in [0, 0.05) is 19.2 Å². The van der Waals surface area contributed by atoms with Crippen LogP contribution in [0.3, 0.4) is 0 Å². The molecule has 1 aromatic heterocycles. The second-order valence-corrected chi connectivity index (χ2v) is 3.49. The molecule has 100 valence electrons. The van der Waals surface area contributed by atoms with Crippen molar-refractivity contribution in [1.82, 2.24) is 10.3 Å². The van der Waals surface area contributed by atoms with Gasteiger partial charge in [-0.15, -0.1) is 0 Å². The Balaban J connectivity index is 2.75. The van der Waals surface area contributed by atoms with E-state index in [9.17, 15) is 13.6 Å². The van der Waals surface area contributed by atoms with Gasteiger partial charge in [0.2, 0.25) is 5.91 Å². The first-order chi connectivity index (χ1) is 8.58. The monoisotopic (exact) mass is 258 g/mol. The summed E-state index contributed by atoms with van der Waals surface area (Å²) in [5, 5.41) is 7.73. The molecule has 0 saturated carbocycles. The predicted molar refractivity (Wildman–Crippen MR) is 65.5 cm³/mol. The van der Waals surface area contributed by atoms with E-state index in [0.29, 0.717) is 13.1 Å². The highest BCUT2D eigenvalue weighted by atomic mass is 19.1. The fourth-order valence-electron chi connectivity index (χ4n) is 1.31. The van der Waals surface area contributed by atoms with Crippen LogP contribution in [0.4, 0.5) is 20.4 Å². The van der Waals surface area contributed by atoms with Gasteiger partial charge < -0.3 is 16.0 Å². The molecule has 0 saturated heterocycles. The average Bonchev–Trinajstić information content (AvgIpc) is 2.31. The Morgan fingerprint density at radius 2 is 1.78 bits per heavy atom. The van der Waals surface area contributed by atoms with Crippen LogP contribution in [0.5, 0.6) is 0 Å². The van der Waals surface area contributed by atoms with Crippen LogP contribution in [0.1, 0.15) is 13.8 Å². The van der Waals surface area contributed by atoms with E-state index in [1.54, 1.807) is 13.8 Å². The van der Waals surface area contributed by atoms with Gasteiger partial charge in [-0.2, -0.15) is 0 Å². The zero-order chi connectivity index (χ0) is 13.5. The number of likely N-dealkylation sites (N-methyl/N-ethyl adjacent to an activating group) is 1. The maximum absolute atomic E-state index is 13.4. The number of pyridine rings is 1. The minimum absolute atomic E-state index is 0.0442. The molecule has 1 heterocycles. The molecule has 0 spiro atoms. The Hall–Kier alpha value is -1.92. The molecule has 7 heteroatoms. The van der Waals surface area contributed by atoms with Crippen LogP contribution in [0.15, 0.2) is 6.07 Å². The molecule has 3 N–H and O–H groups in total. The molecule has 0 aliphatic carbocycles. The molecule has 0 radical (unpaired) electrons. The van der Waals surface area contributed by atoms with Crippen molar-refractivity contribution in [3.63, 3.8) is 0 Å². The Labute approximate surface area is 104 Å². The summed E-state index contributed by atoms with van der Waals surface area (Å²) in [7, 11) is 0. The fourth-order valence-corrected chi connectivity index (χ4v) is 1.31. The summed E-state index contributed by atoms with van der Waals surface area (Å²) in [4.78, 5) is 14.9. The molecule has 0 aliphatic rings. The third kappa shape index (κ3) is 3.83. The number of nitrogens with one attached hydrogen (secondary N) is 3. The van der Waals surface area contributed by atoms with E-state index in [1.807, 2.05) is 0 Å². The van der Waals surface area contributed by atoms with Crippen molar-refractivity contribution in [2.75, 3.05) is 30.3 Å². The van der Waals surface area contributed by atoms with Gasteiger partial charge in [-0.05, 0) is 13.8 Å². The molecule has 0 unspecified atom stereocenters. The summed E-state index contributed by atoms with van der Waals surface area (Å²) in [5.41, 5.74) is 0. The number of carbonyl (C=O) groups is 1. The summed E-state index contributed by atoms with van der Waals surface area (Å²) in [6, 6.07) is 0.727. The highest BCUT2D eigenvalue weighted by Gasteiger charge is 2.11. The number of nitrogens with zero attached hydrogens (tertiary/aromatic N) is 1. The molecular weight excluding hydrogens is 242 g/mol. The second-order valence-electron chi connectivity index (χ2n) is 3.49. The lowest BCUT2D eigenvalue weighted by atomic mass is 10.4. The fraction of sp³-hybridized carbons (Fsp3) is 0.455. The number of rotatable bonds is 6. The van der Waals surface area contributed by atoms with Crippen LogP contribution in [-0.2, 0) is 4.79 Å². The quantitative estimate of drug-likeness (QED) is 0.720. The maximum atomic E-state index is 13.4. The van der Waals surface area contributed by atoms with Gasteiger partial charge in [0.05, 0.1) is 6.54 Å². The molecule has 0 aliphatic heterocycles. The van der Waals surface area contributed by atoms with Crippen LogP contribution in [-0.4, -0.2) is 30.5 Å². The van der Waals surface area contributed by atoms with Gasteiger partial charge in [-0.3, -0.25) is 4.79 Å². The predicted octanol–water partition coefficient (Wildman–Crippen LogP) is 1.34. The standard InChI is InChI=1S/C11H16F2N4O/c1-3-14-9(18)6-16-11-8(13)5-7(12)10(17-11)15-4-2/h5H,3-4,6H2,1-2H3,(H,14,18)(H2,15,16,17). The van der Waals surface area contributed by atoms with E-state index in [-0.39, 0.29) is 24.1 Å². The lowest BCUT2D eigenvalue weighted by Gasteiger charge is -2.10. The smallest absolute Gasteiger partial charge is 0.239 e. The summed E-state index contributed by atoms with van der Waals surface area (Å²) >= 11 is 0. The summed E-state index contributed by atoms with van der Waals surface area (Å²) in [6.45, 7) is 4.38. The lowest BCUT2D eigenvalue weighted by molar-refractivity contribution is -0.119. The van der Waals surface area contributed by atoms with Crippen LogP contribution in [0.2, 0.25) is 0 Å². The maximum Gasteiger partial charge on any atom is 0.239 e. The van der Waals surface area contributed by atoms with E-state index in [1.165, 1.54) is 0 Å². The van der Waals surface area contributed by atoms with Gasteiger partial charge in [-0.1, -0.05) is 0 Å². The van der Waals surface area contributed by atoms with E-state index in [0.717, 1.165) is 6.07 Å². The Kier molecular flexibility index (Phi) is 5.29. The number of amides is 1. The molecular formula is C11H16F2N4O. The molecule has 1 rings (SSSR count). The zero-order valence-corrected chi connectivity index (χ0v) is 10.3. The van der Waals surface area contributed by atoms with Crippen LogP contribution in [0, 0.1) is 11.6 Å². The largest absolute Gasteiger partial charge is 0.368 e. The Morgan fingerprint density at radius 3 is 2.33 bits per heavy atom. The molecule has 0 aromatic carbocycles. The van der Waals surface area contributed by atoms with Crippen molar-refractivity contribution >= 4 is 17.5 Å². The topological polar surface area (TPSA) is 66.0 Å². The van der Waals surface area contributed by atoms with E-state index >= 15 is 0 Å². The van der Waals surface area contributed by atoms with Crippen molar-refractivity contribution in [2.45, 2.75) is 13.8 Å². The molecule has 1 amide bonds. The minimum atomic E-state index is -0.835. The second kappa shape index (κ2) is 6.73. The van der Waals surface area contributed by atoms with Crippen LogP contribution >= 0.6 is 0 Å². The number of anilines is 2. The Bertz CT molecular complexity index is 426. The first kappa shape index (κ1) is 14.1. The molecule has 0 bridgehead atoms. The zero-order valence-electron chi connectivity index (χ0n) is 10.3. The minimum Gasteiger partial charge on any atom is -0.368 e. The summed E-state index contributed by atoms with van der Waals surface area (Å²) in [6.07, 6.45) is 0. The normalized spacial score (nSPS) is 10.0. The molecule has 5 nitrogen and oxygen atoms in total. The molecule has 18 heavy (non-hydrogen) atoms. The van der Waals surface area contributed by atoms with Crippen molar-refractivity contribution in [2.24, 2.45) is 0 Å². The molecule has 0 atom stereocenters. The van der Waals surface area contributed by atoms with E-state index in [4.69, 9.17) is 0 Å². The van der Waals surface area contributed by atoms with Crippen molar-refractivity contribution in [3.05, 3.63) is 17.7 Å². The van der Waals surface area contributed by atoms with Crippen molar-refractivity contribution < 1.29 is 13.6 Å². The molecule has 0 fully saturated rings. The first-order valence-corrected chi connectivity index (χ1v) is 5.69. The van der Waals surface area contributed by atoms with Crippen molar-refractivity contribution in [3.8, 4) is 0 Å². The summed E-state index contributed by atoms with van der Waals surface area (Å²) in [5.74, 6) is -2.08. The van der Waals surface area contributed by atoms with Gasteiger partial charge in [0.1, 0.15) is 0 Å². The summed E-state index contributed by atoms with van der Waals surface area (Å²) < 4.78 is 26.6. The van der Waals surface area contributed by atoms with Crippen LogP contribution in [0.25, 0.3) is 0 Å². The highest BCUT2D eigenvalue weighted by Crippen LogP contribution is 2.18. The van der Waals surface area contributed by atoms with E-state index < -0.39 is 11.6 Å². The third-order valence-electron chi connectivity index (χ3n) is 2.06. The van der Waals surface area contributed by atoms with Crippen LogP contribution < -0.4 is 16.0 Å². The van der Waals surface area contributed by atoms with Gasteiger partial charge in [-0.25, -0.2) is 13.8 Å². The van der Waals surface area contributed by atoms with E-state index in [2.05, 4.69) is 20.9 Å². The van der Waals surface area contributed by atoms with Gasteiger partial charge in [0.25, 0.3) is 0 Å². The number of hydrogen-bond donors (Lipinski definition) is 3. The number of hydrogen-bond acceptors (Lipinski definition) is 4. The highest BCUT2D eigenvalue weighted by molar-refractivity contribution is 5.80. The first-order valence-electron chi connectivity index (χ1n) is 5.69. The average molecular weight is 258 g/mol. The number of aromatic nitrogens is 1. The van der Waals surface area contributed by atoms with Gasteiger partial charge >= 0.3 is 0 Å². The van der Waals surface area contributed by atoms with Crippen molar-refractivity contribution in [1.29, 1.82) is 0 Å². The SMILES string of the molecule is CCNC(=O)CNc1nc(NCC)c(F)cc1F. The molecule has 1 aromatic rings. The number of halogens is 2.